The van der Waals surface area contributed by atoms with E-state index in [1.807, 2.05) is 18.4 Å². The van der Waals surface area contributed by atoms with E-state index in [9.17, 15) is 0 Å². The van der Waals surface area contributed by atoms with Crippen molar-refractivity contribution in [2.45, 2.75) is 31.8 Å². The van der Waals surface area contributed by atoms with E-state index in [0.29, 0.717) is 6.04 Å². The van der Waals surface area contributed by atoms with Gasteiger partial charge < -0.3 is 10.6 Å². The Labute approximate surface area is 142 Å². The second kappa shape index (κ2) is 7.61. The van der Waals surface area contributed by atoms with Crippen molar-refractivity contribution in [2.75, 3.05) is 26.7 Å². The first-order valence-electron chi connectivity index (χ1n) is 7.10. The molecule has 2 heterocycles. The zero-order valence-electron chi connectivity index (χ0n) is 11.9. The van der Waals surface area contributed by atoms with Gasteiger partial charge >= 0.3 is 0 Å². The Balaban J connectivity index is 0.00000147. The molecule has 1 aliphatic carbocycles. The SMILES string of the molecule is CN=C(NCCN1CCc2sccc2C1)NC1CC1.I. The molecule has 1 aromatic rings. The molecule has 6 heteroatoms. The molecule has 1 fully saturated rings. The van der Waals surface area contributed by atoms with Crippen LogP contribution < -0.4 is 10.6 Å². The Hall–Kier alpha value is -0.340. The molecule has 0 bridgehead atoms. The van der Waals surface area contributed by atoms with Crippen molar-refractivity contribution in [1.29, 1.82) is 0 Å². The summed E-state index contributed by atoms with van der Waals surface area (Å²) in [7, 11) is 1.84. The van der Waals surface area contributed by atoms with E-state index in [-0.39, 0.29) is 24.0 Å². The summed E-state index contributed by atoms with van der Waals surface area (Å²) in [6.07, 6.45) is 3.78. The van der Waals surface area contributed by atoms with E-state index in [1.54, 1.807) is 4.88 Å². The van der Waals surface area contributed by atoms with Crippen molar-refractivity contribution in [3.8, 4) is 0 Å². The number of nitrogens with zero attached hydrogens (tertiary/aromatic N) is 2. The lowest BCUT2D eigenvalue weighted by Gasteiger charge is -2.27. The number of aliphatic imine (C=N–C) groups is 1. The van der Waals surface area contributed by atoms with Crippen LogP contribution in [0.5, 0.6) is 0 Å². The molecule has 0 spiro atoms. The number of guanidine groups is 1. The molecule has 1 saturated carbocycles. The van der Waals surface area contributed by atoms with Gasteiger partial charge in [0.05, 0.1) is 0 Å². The number of hydrogen-bond acceptors (Lipinski definition) is 3. The van der Waals surface area contributed by atoms with Gasteiger partial charge in [-0.3, -0.25) is 9.89 Å². The van der Waals surface area contributed by atoms with E-state index in [4.69, 9.17) is 0 Å². The summed E-state index contributed by atoms with van der Waals surface area (Å²) >= 11 is 1.90. The van der Waals surface area contributed by atoms with Gasteiger partial charge in [-0.05, 0) is 36.3 Å². The van der Waals surface area contributed by atoms with Crippen LogP contribution >= 0.6 is 35.3 Å². The van der Waals surface area contributed by atoms with E-state index in [2.05, 4.69) is 32.0 Å². The fraction of sp³-hybridized carbons (Fsp3) is 0.643. The lowest BCUT2D eigenvalue weighted by molar-refractivity contribution is 0.260. The van der Waals surface area contributed by atoms with Crippen LogP contribution in [0.25, 0.3) is 0 Å². The fourth-order valence-electron chi connectivity index (χ4n) is 2.45. The molecule has 112 valence electrons. The van der Waals surface area contributed by atoms with Crippen LogP contribution in [0.15, 0.2) is 16.4 Å². The first kappa shape index (κ1) is 16.0. The Morgan fingerprint density at radius 2 is 2.35 bits per heavy atom. The number of thiophene rings is 1. The average molecular weight is 406 g/mol. The molecule has 0 saturated heterocycles. The standard InChI is InChI=1S/C14H22N4S.HI/c1-15-14(17-12-2-3-12)16-6-8-18-7-4-13-11(10-18)5-9-19-13;/h5,9,12H,2-4,6-8,10H2,1H3,(H2,15,16,17);1H. The van der Waals surface area contributed by atoms with Crippen molar-refractivity contribution < 1.29 is 0 Å². The average Bonchev–Trinajstić information content (AvgIpc) is 3.12. The third-order valence-electron chi connectivity index (χ3n) is 3.75. The van der Waals surface area contributed by atoms with Crippen LogP contribution in [-0.2, 0) is 13.0 Å². The summed E-state index contributed by atoms with van der Waals surface area (Å²) < 4.78 is 0. The molecule has 4 nitrogen and oxygen atoms in total. The molecule has 0 amide bonds. The second-order valence-electron chi connectivity index (χ2n) is 5.31. The molecule has 0 atom stereocenters. The first-order valence-corrected chi connectivity index (χ1v) is 7.98. The van der Waals surface area contributed by atoms with Crippen molar-refractivity contribution in [3.63, 3.8) is 0 Å². The topological polar surface area (TPSA) is 39.7 Å². The fourth-order valence-corrected chi connectivity index (χ4v) is 3.34. The van der Waals surface area contributed by atoms with E-state index >= 15 is 0 Å². The van der Waals surface area contributed by atoms with Gasteiger partial charge in [0.25, 0.3) is 0 Å². The summed E-state index contributed by atoms with van der Waals surface area (Å²) in [6, 6.07) is 2.93. The highest BCUT2D eigenvalue weighted by molar-refractivity contribution is 14.0. The molecule has 1 aliphatic heterocycles. The Kier molecular flexibility index (Phi) is 6.10. The van der Waals surface area contributed by atoms with Crippen LogP contribution in [0, 0.1) is 0 Å². The Bertz CT molecular complexity index is 456. The Morgan fingerprint density at radius 1 is 1.50 bits per heavy atom. The van der Waals surface area contributed by atoms with Crippen LogP contribution in [0.2, 0.25) is 0 Å². The summed E-state index contributed by atoms with van der Waals surface area (Å²) in [5.74, 6) is 0.954. The number of rotatable bonds is 4. The van der Waals surface area contributed by atoms with Gasteiger partial charge in [0.1, 0.15) is 0 Å². The first-order chi connectivity index (χ1) is 9.35. The molecule has 2 N–H and O–H groups in total. The molecule has 3 rings (SSSR count). The van der Waals surface area contributed by atoms with Crippen LogP contribution in [0.4, 0.5) is 0 Å². The summed E-state index contributed by atoms with van der Waals surface area (Å²) in [5.41, 5.74) is 1.52. The van der Waals surface area contributed by atoms with Gasteiger partial charge in [-0.25, -0.2) is 0 Å². The minimum Gasteiger partial charge on any atom is -0.355 e. The van der Waals surface area contributed by atoms with Gasteiger partial charge in [-0.2, -0.15) is 0 Å². The number of hydrogen-bond donors (Lipinski definition) is 2. The van der Waals surface area contributed by atoms with E-state index < -0.39 is 0 Å². The zero-order chi connectivity index (χ0) is 13.1. The monoisotopic (exact) mass is 406 g/mol. The van der Waals surface area contributed by atoms with Crippen molar-refractivity contribution in [3.05, 3.63) is 21.9 Å². The minimum absolute atomic E-state index is 0. The van der Waals surface area contributed by atoms with Gasteiger partial charge in [0.15, 0.2) is 5.96 Å². The molecule has 1 aromatic heterocycles. The maximum absolute atomic E-state index is 4.26. The minimum atomic E-state index is 0. The Morgan fingerprint density at radius 3 is 3.10 bits per heavy atom. The lowest BCUT2D eigenvalue weighted by atomic mass is 10.1. The predicted octanol–water partition coefficient (Wildman–Crippen LogP) is 2.05. The third kappa shape index (κ3) is 4.33. The van der Waals surface area contributed by atoms with Crippen molar-refractivity contribution in [2.24, 2.45) is 4.99 Å². The van der Waals surface area contributed by atoms with Crippen molar-refractivity contribution >= 4 is 41.3 Å². The maximum atomic E-state index is 4.26. The molecular weight excluding hydrogens is 383 g/mol. The molecule has 0 aromatic carbocycles. The quantitative estimate of drug-likeness (QED) is 0.457. The largest absolute Gasteiger partial charge is 0.355 e. The second-order valence-corrected chi connectivity index (χ2v) is 6.31. The van der Waals surface area contributed by atoms with Crippen LogP contribution in [-0.4, -0.2) is 43.6 Å². The van der Waals surface area contributed by atoms with Crippen molar-refractivity contribution in [1.82, 2.24) is 15.5 Å². The van der Waals surface area contributed by atoms with E-state index in [1.165, 1.54) is 31.4 Å². The number of nitrogens with one attached hydrogen (secondary N) is 2. The van der Waals surface area contributed by atoms with Gasteiger partial charge in [0, 0.05) is 44.1 Å². The molecule has 2 aliphatic rings. The molecular formula is C14H23IN4S. The molecule has 0 radical (unpaired) electrons. The third-order valence-corrected chi connectivity index (χ3v) is 4.77. The van der Waals surface area contributed by atoms with Crippen LogP contribution in [0.3, 0.4) is 0 Å². The zero-order valence-corrected chi connectivity index (χ0v) is 15.0. The smallest absolute Gasteiger partial charge is 0.191 e. The van der Waals surface area contributed by atoms with Crippen LogP contribution in [0.1, 0.15) is 23.3 Å². The highest BCUT2D eigenvalue weighted by Gasteiger charge is 2.22. The maximum Gasteiger partial charge on any atom is 0.191 e. The van der Waals surface area contributed by atoms with E-state index in [0.717, 1.165) is 25.6 Å². The summed E-state index contributed by atoms with van der Waals surface area (Å²) in [6.45, 7) is 4.34. The number of fused-ring (bicyclic) bond motifs is 1. The summed E-state index contributed by atoms with van der Waals surface area (Å²) in [4.78, 5) is 8.36. The van der Waals surface area contributed by atoms with Gasteiger partial charge in [-0.1, -0.05) is 0 Å². The predicted molar refractivity (Wildman–Crippen MR) is 96.2 cm³/mol. The lowest BCUT2D eigenvalue weighted by Crippen LogP contribution is -2.43. The van der Waals surface area contributed by atoms with Gasteiger partial charge in [-0.15, -0.1) is 35.3 Å². The highest BCUT2D eigenvalue weighted by atomic mass is 127. The summed E-state index contributed by atoms with van der Waals surface area (Å²) in [5, 5.41) is 9.03. The number of halogens is 1. The highest BCUT2D eigenvalue weighted by Crippen LogP contribution is 2.23. The normalized spacial score (nSPS) is 19.1. The van der Waals surface area contributed by atoms with Gasteiger partial charge in [0.2, 0.25) is 0 Å². The molecule has 0 unspecified atom stereocenters. The molecule has 20 heavy (non-hydrogen) atoms.